The molecule has 1 aromatic heterocycles. The Labute approximate surface area is 142 Å². The number of aromatic hydroxyl groups is 1. The Morgan fingerprint density at radius 3 is 2.42 bits per heavy atom. The van der Waals surface area contributed by atoms with Crippen LogP contribution in [0, 0.1) is 0 Å². The van der Waals surface area contributed by atoms with E-state index in [1.165, 1.54) is 11.1 Å². The van der Waals surface area contributed by atoms with Gasteiger partial charge in [0.1, 0.15) is 5.75 Å². The molecule has 4 nitrogen and oxygen atoms in total. The molecule has 124 valence electrons. The molecule has 24 heavy (non-hydrogen) atoms. The Kier molecular flexibility index (Phi) is 5.29. The molecule has 0 fully saturated rings. The first-order valence-electron chi connectivity index (χ1n) is 8.31. The topological polar surface area (TPSA) is 50.1 Å². The largest absolute Gasteiger partial charge is 0.508 e. The molecule has 0 aliphatic carbocycles. The molecule has 1 atom stereocenters. The van der Waals surface area contributed by atoms with Gasteiger partial charge in [-0.1, -0.05) is 24.3 Å². The highest BCUT2D eigenvalue weighted by atomic mass is 16.3. The third kappa shape index (κ3) is 4.46. The molecule has 0 saturated heterocycles. The highest BCUT2D eigenvalue weighted by Crippen LogP contribution is 2.12. The van der Waals surface area contributed by atoms with E-state index in [0.29, 0.717) is 11.8 Å². The monoisotopic (exact) mass is 321 g/mol. The van der Waals surface area contributed by atoms with Crippen LogP contribution in [0.1, 0.15) is 24.5 Å². The van der Waals surface area contributed by atoms with Gasteiger partial charge in [0.2, 0.25) is 0 Å². The molecular weight excluding hydrogens is 298 g/mol. The van der Waals surface area contributed by atoms with E-state index in [4.69, 9.17) is 0 Å². The van der Waals surface area contributed by atoms with Crippen molar-refractivity contribution >= 4 is 0 Å². The van der Waals surface area contributed by atoms with Crippen molar-refractivity contribution in [2.24, 2.45) is 0 Å². The van der Waals surface area contributed by atoms with Gasteiger partial charge in [0.15, 0.2) is 0 Å². The first kappa shape index (κ1) is 16.3. The van der Waals surface area contributed by atoms with Crippen molar-refractivity contribution in [3.8, 4) is 11.4 Å². The summed E-state index contributed by atoms with van der Waals surface area (Å²) in [6.45, 7) is 3.06. The van der Waals surface area contributed by atoms with Gasteiger partial charge in [-0.25, -0.2) is 4.68 Å². The van der Waals surface area contributed by atoms with Gasteiger partial charge >= 0.3 is 0 Å². The van der Waals surface area contributed by atoms with Crippen molar-refractivity contribution < 1.29 is 5.11 Å². The molecule has 0 aliphatic heterocycles. The van der Waals surface area contributed by atoms with Crippen molar-refractivity contribution in [2.75, 3.05) is 0 Å². The molecule has 3 rings (SSSR count). The van der Waals surface area contributed by atoms with Gasteiger partial charge in [-0.3, -0.25) is 0 Å². The molecule has 0 saturated carbocycles. The molecule has 0 radical (unpaired) electrons. The standard InChI is InChI=1S/C20H23N3O/c1-16(3-4-17-7-11-20(24)12-8-17)21-15-18-5-9-19(10-6-18)23-14-2-13-22-23/h2,5-14,16,21,24H,3-4,15H2,1H3. The van der Waals surface area contributed by atoms with E-state index in [-0.39, 0.29) is 0 Å². The zero-order valence-corrected chi connectivity index (χ0v) is 13.9. The summed E-state index contributed by atoms with van der Waals surface area (Å²) in [6.07, 6.45) is 5.80. The minimum atomic E-state index is 0.323. The summed E-state index contributed by atoms with van der Waals surface area (Å²) in [7, 11) is 0. The lowest BCUT2D eigenvalue weighted by Crippen LogP contribution is -2.25. The third-order valence-corrected chi connectivity index (χ3v) is 4.16. The van der Waals surface area contributed by atoms with E-state index in [2.05, 4.69) is 41.6 Å². The molecule has 4 heteroatoms. The minimum absolute atomic E-state index is 0.323. The van der Waals surface area contributed by atoms with Crippen LogP contribution < -0.4 is 5.32 Å². The van der Waals surface area contributed by atoms with Gasteiger partial charge in [-0.05, 0) is 61.2 Å². The molecule has 0 bridgehead atoms. The zero-order valence-electron chi connectivity index (χ0n) is 13.9. The van der Waals surface area contributed by atoms with Crippen molar-refractivity contribution in [3.63, 3.8) is 0 Å². The maximum absolute atomic E-state index is 9.31. The maximum Gasteiger partial charge on any atom is 0.115 e. The Balaban J connectivity index is 1.45. The van der Waals surface area contributed by atoms with Crippen molar-refractivity contribution in [1.82, 2.24) is 15.1 Å². The van der Waals surface area contributed by atoms with E-state index < -0.39 is 0 Å². The predicted molar refractivity (Wildman–Crippen MR) is 96.3 cm³/mol. The molecule has 3 aromatic rings. The Hall–Kier alpha value is -2.59. The summed E-state index contributed by atoms with van der Waals surface area (Å²) in [5.74, 6) is 0.323. The van der Waals surface area contributed by atoms with Crippen LogP contribution in [0.2, 0.25) is 0 Å². The molecular formula is C20H23N3O. The number of phenolic OH excluding ortho intramolecular Hbond substituents is 1. The second-order valence-electron chi connectivity index (χ2n) is 6.10. The van der Waals surface area contributed by atoms with E-state index >= 15 is 0 Å². The van der Waals surface area contributed by atoms with Crippen LogP contribution in [0.5, 0.6) is 5.75 Å². The normalized spacial score (nSPS) is 12.2. The van der Waals surface area contributed by atoms with Gasteiger partial charge in [0.05, 0.1) is 5.69 Å². The van der Waals surface area contributed by atoms with Crippen LogP contribution in [0.15, 0.2) is 67.0 Å². The van der Waals surface area contributed by atoms with Crippen molar-refractivity contribution in [3.05, 3.63) is 78.1 Å². The number of rotatable bonds is 7. The van der Waals surface area contributed by atoms with Gasteiger partial charge in [-0.2, -0.15) is 5.10 Å². The second-order valence-corrected chi connectivity index (χ2v) is 6.10. The maximum atomic E-state index is 9.31. The fourth-order valence-corrected chi connectivity index (χ4v) is 2.63. The minimum Gasteiger partial charge on any atom is -0.508 e. The van der Waals surface area contributed by atoms with Crippen LogP contribution in [-0.4, -0.2) is 20.9 Å². The predicted octanol–water partition coefficient (Wildman–Crippen LogP) is 3.69. The van der Waals surface area contributed by atoms with E-state index in [0.717, 1.165) is 25.1 Å². The van der Waals surface area contributed by atoms with Gasteiger partial charge in [0.25, 0.3) is 0 Å². The average molecular weight is 321 g/mol. The number of benzene rings is 2. The van der Waals surface area contributed by atoms with E-state index in [9.17, 15) is 5.11 Å². The number of nitrogens with zero attached hydrogens (tertiary/aromatic N) is 2. The molecule has 0 spiro atoms. The summed E-state index contributed by atoms with van der Waals surface area (Å²) in [5.41, 5.74) is 3.59. The van der Waals surface area contributed by atoms with E-state index in [1.807, 2.05) is 29.1 Å². The Morgan fingerprint density at radius 1 is 1.04 bits per heavy atom. The highest BCUT2D eigenvalue weighted by Gasteiger charge is 2.03. The first-order valence-corrected chi connectivity index (χ1v) is 8.31. The quantitative estimate of drug-likeness (QED) is 0.698. The molecule has 2 aromatic carbocycles. The lowest BCUT2D eigenvalue weighted by molar-refractivity contribution is 0.474. The summed E-state index contributed by atoms with van der Waals surface area (Å²) < 4.78 is 1.86. The van der Waals surface area contributed by atoms with Crippen LogP contribution in [0.4, 0.5) is 0 Å². The number of hydrogen-bond donors (Lipinski definition) is 2. The lowest BCUT2D eigenvalue weighted by Gasteiger charge is -2.14. The summed E-state index contributed by atoms with van der Waals surface area (Å²) in [4.78, 5) is 0. The van der Waals surface area contributed by atoms with Gasteiger partial charge in [-0.15, -0.1) is 0 Å². The highest BCUT2D eigenvalue weighted by molar-refractivity contribution is 5.33. The SMILES string of the molecule is CC(CCc1ccc(O)cc1)NCc1ccc(-n2cccn2)cc1. The zero-order chi connectivity index (χ0) is 16.8. The number of phenols is 1. The second kappa shape index (κ2) is 7.79. The van der Waals surface area contributed by atoms with Gasteiger partial charge < -0.3 is 10.4 Å². The van der Waals surface area contributed by atoms with E-state index in [1.54, 1.807) is 18.3 Å². The van der Waals surface area contributed by atoms with Crippen LogP contribution in [-0.2, 0) is 13.0 Å². The van der Waals surface area contributed by atoms with Crippen molar-refractivity contribution in [1.29, 1.82) is 0 Å². The average Bonchev–Trinajstić information content (AvgIpc) is 3.14. The summed E-state index contributed by atoms with van der Waals surface area (Å²) >= 11 is 0. The molecule has 1 heterocycles. The Morgan fingerprint density at radius 2 is 1.75 bits per heavy atom. The Bertz CT molecular complexity index is 734. The smallest absolute Gasteiger partial charge is 0.115 e. The number of nitrogens with one attached hydrogen (secondary N) is 1. The fourth-order valence-electron chi connectivity index (χ4n) is 2.63. The van der Waals surface area contributed by atoms with Crippen molar-refractivity contribution in [2.45, 2.75) is 32.4 Å². The van der Waals surface area contributed by atoms with Gasteiger partial charge in [0, 0.05) is 25.0 Å². The lowest BCUT2D eigenvalue weighted by atomic mass is 10.1. The summed E-state index contributed by atoms with van der Waals surface area (Å²) in [6, 6.07) is 18.3. The summed E-state index contributed by atoms with van der Waals surface area (Å²) in [5, 5.41) is 17.1. The fraction of sp³-hybridized carbons (Fsp3) is 0.250. The molecule has 0 amide bonds. The molecule has 1 unspecified atom stereocenters. The molecule has 0 aliphatic rings. The van der Waals surface area contributed by atoms with Crippen LogP contribution in [0.25, 0.3) is 5.69 Å². The number of aryl methyl sites for hydroxylation is 1. The van der Waals surface area contributed by atoms with Crippen LogP contribution in [0.3, 0.4) is 0 Å². The number of hydrogen-bond acceptors (Lipinski definition) is 3. The number of aromatic nitrogens is 2. The van der Waals surface area contributed by atoms with Crippen LogP contribution >= 0.6 is 0 Å². The molecule has 2 N–H and O–H groups in total. The first-order chi connectivity index (χ1) is 11.7. The third-order valence-electron chi connectivity index (χ3n) is 4.16.